The molecule has 3 aromatic rings. The number of nitrogens with two attached hydrogens (primary N) is 1. The number of benzene rings is 1. The molecule has 1 aliphatic rings. The van der Waals surface area contributed by atoms with Gasteiger partial charge in [0.05, 0.1) is 28.3 Å². The maximum absolute atomic E-state index is 13.3. The van der Waals surface area contributed by atoms with Gasteiger partial charge in [-0.3, -0.25) is 9.69 Å². The molecule has 1 fully saturated rings. The molecule has 0 spiro atoms. The largest absolute Gasteiger partial charge is 0.371 e. The summed E-state index contributed by atoms with van der Waals surface area (Å²) in [5.74, 6) is -0.141. The number of anilines is 1. The maximum atomic E-state index is 13.3. The summed E-state index contributed by atoms with van der Waals surface area (Å²) in [6.07, 6.45) is 1.97. The molecule has 0 radical (unpaired) electrons. The van der Waals surface area contributed by atoms with E-state index in [0.29, 0.717) is 5.92 Å². The topological polar surface area (TPSA) is 71.2 Å². The van der Waals surface area contributed by atoms with Gasteiger partial charge in [-0.1, -0.05) is 6.92 Å². The van der Waals surface area contributed by atoms with Crippen LogP contribution in [0, 0.1) is 17.7 Å². The highest BCUT2D eigenvalue weighted by atomic mass is 32.1. The van der Waals surface area contributed by atoms with Gasteiger partial charge in [0.15, 0.2) is 0 Å². The first-order valence-electron chi connectivity index (χ1n) is 9.91. The van der Waals surface area contributed by atoms with E-state index in [4.69, 9.17) is 10.7 Å². The first kappa shape index (κ1) is 19.8. The van der Waals surface area contributed by atoms with Crippen molar-refractivity contribution in [1.82, 2.24) is 9.88 Å². The number of nitrogens with zero attached hydrogens (tertiary/aromatic N) is 2. The number of pyridine rings is 1. The average Bonchev–Trinajstić information content (AvgIpc) is 3.21. The Hall–Kier alpha value is -2.51. The molecule has 3 N–H and O–H groups in total. The molecule has 2 aromatic heterocycles. The Morgan fingerprint density at radius 2 is 2.03 bits per heavy atom. The highest BCUT2D eigenvalue weighted by Crippen LogP contribution is 2.32. The number of primary amides is 1. The first-order valence-corrected chi connectivity index (χ1v) is 10.8. The molecular formula is C22H25FN4OS. The number of hydrogen-bond donors (Lipinski definition) is 2. The summed E-state index contributed by atoms with van der Waals surface area (Å²) in [4.78, 5) is 18.5. The van der Waals surface area contributed by atoms with Crippen LogP contribution in [0.25, 0.3) is 21.5 Å². The highest BCUT2D eigenvalue weighted by Gasteiger charge is 2.26. The minimum Gasteiger partial charge on any atom is -0.371 e. The van der Waals surface area contributed by atoms with E-state index in [0.717, 1.165) is 59.8 Å². The molecule has 0 saturated carbocycles. The minimum absolute atomic E-state index is 0.0608. The van der Waals surface area contributed by atoms with Gasteiger partial charge >= 0.3 is 0 Å². The smallest absolute Gasteiger partial charge is 0.220 e. The third kappa shape index (κ3) is 4.41. The molecule has 3 heterocycles. The summed E-state index contributed by atoms with van der Waals surface area (Å²) < 4.78 is 14.4. The van der Waals surface area contributed by atoms with Gasteiger partial charge in [0.2, 0.25) is 5.91 Å². The van der Waals surface area contributed by atoms with Crippen molar-refractivity contribution >= 4 is 33.1 Å². The lowest BCUT2D eigenvalue weighted by Gasteiger charge is -2.34. The summed E-state index contributed by atoms with van der Waals surface area (Å²) in [5.41, 5.74) is 9.15. The second-order valence-electron chi connectivity index (χ2n) is 7.68. The molecular weight excluding hydrogens is 387 g/mol. The van der Waals surface area contributed by atoms with E-state index in [2.05, 4.69) is 10.2 Å². The lowest BCUT2D eigenvalue weighted by Crippen LogP contribution is -2.40. The van der Waals surface area contributed by atoms with Crippen molar-refractivity contribution < 1.29 is 9.18 Å². The Balaban J connectivity index is 1.46. The molecule has 0 bridgehead atoms. The lowest BCUT2D eigenvalue weighted by molar-refractivity contribution is -0.123. The fourth-order valence-corrected chi connectivity index (χ4v) is 4.72. The van der Waals surface area contributed by atoms with E-state index in [-0.39, 0.29) is 17.6 Å². The minimum atomic E-state index is -0.252. The number of likely N-dealkylation sites (tertiary alicyclic amines) is 1. The van der Waals surface area contributed by atoms with Crippen molar-refractivity contribution in [2.24, 2.45) is 17.6 Å². The van der Waals surface area contributed by atoms with E-state index < -0.39 is 0 Å². The second-order valence-corrected chi connectivity index (χ2v) is 8.59. The van der Waals surface area contributed by atoms with Crippen LogP contribution in [0.5, 0.6) is 0 Å². The predicted molar refractivity (Wildman–Crippen MR) is 116 cm³/mol. The van der Waals surface area contributed by atoms with Gasteiger partial charge in [0.1, 0.15) is 5.82 Å². The molecule has 1 saturated heterocycles. The monoisotopic (exact) mass is 412 g/mol. The summed E-state index contributed by atoms with van der Waals surface area (Å²) in [5, 5.41) is 5.60. The van der Waals surface area contributed by atoms with Crippen LogP contribution in [0.4, 0.5) is 10.1 Å². The van der Waals surface area contributed by atoms with Gasteiger partial charge < -0.3 is 11.1 Å². The number of nitrogens with one attached hydrogen (secondary N) is 1. The van der Waals surface area contributed by atoms with Gasteiger partial charge in [-0.05, 0) is 60.5 Å². The van der Waals surface area contributed by atoms with Gasteiger partial charge in [0.25, 0.3) is 0 Å². The number of piperidine rings is 1. The van der Waals surface area contributed by atoms with Crippen molar-refractivity contribution in [2.75, 3.05) is 25.1 Å². The Bertz CT molecular complexity index is 996. The molecule has 152 valence electrons. The predicted octanol–water partition coefficient (Wildman–Crippen LogP) is 4.31. The molecule has 4 rings (SSSR count). The van der Waals surface area contributed by atoms with Gasteiger partial charge in [-0.25, -0.2) is 9.37 Å². The molecule has 0 aliphatic carbocycles. The van der Waals surface area contributed by atoms with Crippen molar-refractivity contribution in [1.29, 1.82) is 0 Å². The molecule has 1 atom stereocenters. The quantitative estimate of drug-likeness (QED) is 0.633. The Labute approximate surface area is 173 Å². The van der Waals surface area contributed by atoms with E-state index >= 15 is 0 Å². The normalized spacial score (nSPS) is 16.8. The van der Waals surface area contributed by atoms with Crippen molar-refractivity contribution in [2.45, 2.75) is 19.8 Å². The zero-order valence-corrected chi connectivity index (χ0v) is 17.2. The number of aromatic nitrogens is 1. The molecule has 1 aromatic carbocycles. The fraction of sp³-hybridized carbons (Fsp3) is 0.364. The van der Waals surface area contributed by atoms with Crippen LogP contribution >= 0.6 is 11.3 Å². The zero-order chi connectivity index (χ0) is 20.4. The van der Waals surface area contributed by atoms with Crippen LogP contribution in [-0.2, 0) is 4.79 Å². The van der Waals surface area contributed by atoms with E-state index in [1.165, 1.54) is 12.1 Å². The third-order valence-electron chi connectivity index (χ3n) is 5.83. The summed E-state index contributed by atoms with van der Waals surface area (Å²) in [6.45, 7) is 4.55. The van der Waals surface area contributed by atoms with E-state index in [1.807, 2.05) is 24.4 Å². The van der Waals surface area contributed by atoms with Crippen LogP contribution < -0.4 is 11.1 Å². The van der Waals surface area contributed by atoms with Gasteiger partial charge in [0, 0.05) is 24.6 Å². The van der Waals surface area contributed by atoms with Crippen molar-refractivity contribution in [3.8, 4) is 11.3 Å². The van der Waals surface area contributed by atoms with E-state index in [9.17, 15) is 9.18 Å². The number of amides is 1. The second kappa shape index (κ2) is 8.47. The number of fused-ring (bicyclic) bond motifs is 1. The Morgan fingerprint density at radius 1 is 1.31 bits per heavy atom. The number of rotatable bonds is 6. The van der Waals surface area contributed by atoms with Gasteiger partial charge in [-0.15, -0.1) is 11.3 Å². The van der Waals surface area contributed by atoms with Crippen LogP contribution in [0.1, 0.15) is 19.8 Å². The zero-order valence-electron chi connectivity index (χ0n) is 16.4. The lowest BCUT2D eigenvalue weighted by atomic mass is 9.85. The number of thiophene rings is 1. The molecule has 1 unspecified atom stereocenters. The number of hydrogen-bond acceptors (Lipinski definition) is 5. The number of carbonyl (C=O) groups is 1. The SMILES string of the molecule is CC(C(N)=O)C1CCN(CNc2cc(-c3ccc(F)cc3)nc3ccsc23)CC1. The van der Waals surface area contributed by atoms with Crippen LogP contribution in [0.2, 0.25) is 0 Å². The summed E-state index contributed by atoms with van der Waals surface area (Å²) in [6, 6.07) is 10.5. The Kier molecular flexibility index (Phi) is 5.78. The van der Waals surface area contributed by atoms with Crippen LogP contribution in [0.15, 0.2) is 41.8 Å². The molecule has 1 amide bonds. The standard InChI is InChI=1S/C22H25FN4OS/c1-14(22(24)28)15-6-9-27(10-7-15)13-25-20-12-19(16-2-4-17(23)5-3-16)26-18-8-11-29-21(18)20/h2-5,8,11-12,14-15H,6-7,9-10,13H2,1H3,(H2,24,28)(H,25,26). The number of halogens is 1. The van der Waals surface area contributed by atoms with Crippen molar-refractivity contribution in [3.63, 3.8) is 0 Å². The van der Waals surface area contributed by atoms with Crippen molar-refractivity contribution in [3.05, 3.63) is 47.6 Å². The molecule has 29 heavy (non-hydrogen) atoms. The third-order valence-corrected chi connectivity index (χ3v) is 6.77. The maximum Gasteiger partial charge on any atom is 0.220 e. The van der Waals surface area contributed by atoms with Crippen LogP contribution in [-0.4, -0.2) is 35.5 Å². The molecule has 1 aliphatic heterocycles. The fourth-order valence-electron chi connectivity index (χ4n) is 3.90. The summed E-state index contributed by atoms with van der Waals surface area (Å²) in [7, 11) is 0. The highest BCUT2D eigenvalue weighted by molar-refractivity contribution is 7.17. The van der Waals surface area contributed by atoms with Crippen LogP contribution in [0.3, 0.4) is 0 Å². The number of carbonyl (C=O) groups excluding carboxylic acids is 1. The molecule has 7 heteroatoms. The summed E-state index contributed by atoms with van der Waals surface area (Å²) >= 11 is 1.66. The van der Waals surface area contributed by atoms with E-state index in [1.54, 1.807) is 23.5 Å². The molecule has 5 nitrogen and oxygen atoms in total. The first-order chi connectivity index (χ1) is 14.0. The average molecular weight is 413 g/mol. The van der Waals surface area contributed by atoms with Gasteiger partial charge in [-0.2, -0.15) is 0 Å². The Morgan fingerprint density at radius 3 is 2.72 bits per heavy atom.